The van der Waals surface area contributed by atoms with Crippen molar-refractivity contribution in [2.75, 3.05) is 0 Å². The lowest BCUT2D eigenvalue weighted by atomic mass is 10.2. The third-order valence-electron chi connectivity index (χ3n) is 2.80. The van der Waals surface area contributed by atoms with Crippen LogP contribution in [-0.2, 0) is 6.00 Å². The summed E-state index contributed by atoms with van der Waals surface area (Å²) in [5.41, 5.74) is 2.41. The highest BCUT2D eigenvalue weighted by atomic mass is 35.5. The van der Waals surface area contributed by atoms with Crippen molar-refractivity contribution in [1.82, 2.24) is 4.57 Å². The average molecular weight is 216 g/mol. The van der Waals surface area contributed by atoms with Crippen LogP contribution in [0.2, 0.25) is 0 Å². The van der Waals surface area contributed by atoms with Gasteiger partial charge in [-0.3, -0.25) is 0 Å². The molecule has 0 fully saturated rings. The van der Waals surface area contributed by atoms with Crippen LogP contribution in [-0.4, -0.2) is 4.57 Å². The minimum Gasteiger partial charge on any atom is -0.326 e. The van der Waals surface area contributed by atoms with E-state index >= 15 is 0 Å². The number of hydrogen-bond donors (Lipinski definition) is 0. The highest BCUT2D eigenvalue weighted by Gasteiger charge is 2.07. The van der Waals surface area contributed by atoms with E-state index in [0.29, 0.717) is 6.00 Å². The van der Waals surface area contributed by atoms with Crippen molar-refractivity contribution in [2.24, 2.45) is 0 Å². The summed E-state index contributed by atoms with van der Waals surface area (Å²) in [6, 6.07) is 17.2. The highest BCUT2D eigenvalue weighted by molar-refractivity contribution is 6.17. The first-order valence-corrected chi connectivity index (χ1v) is 5.47. The quantitative estimate of drug-likeness (QED) is 0.541. The van der Waals surface area contributed by atoms with E-state index in [1.807, 2.05) is 12.1 Å². The van der Waals surface area contributed by atoms with Gasteiger partial charge < -0.3 is 4.57 Å². The van der Waals surface area contributed by atoms with Gasteiger partial charge in [0, 0.05) is 10.8 Å². The number of benzene rings is 2. The van der Waals surface area contributed by atoms with Gasteiger partial charge in [0.05, 0.1) is 17.0 Å². The summed E-state index contributed by atoms with van der Waals surface area (Å²) < 4.78 is 2.13. The molecule has 0 radical (unpaired) electrons. The van der Waals surface area contributed by atoms with Crippen LogP contribution >= 0.6 is 11.6 Å². The van der Waals surface area contributed by atoms with Gasteiger partial charge in [-0.25, -0.2) is 0 Å². The Labute approximate surface area is 92.9 Å². The fourth-order valence-corrected chi connectivity index (χ4v) is 2.39. The number of alkyl halides is 1. The summed E-state index contributed by atoms with van der Waals surface area (Å²) in [6.07, 6.45) is 0. The van der Waals surface area contributed by atoms with Crippen LogP contribution in [0.3, 0.4) is 0 Å². The molecule has 15 heavy (non-hydrogen) atoms. The van der Waals surface area contributed by atoms with Gasteiger partial charge in [0.15, 0.2) is 0 Å². The van der Waals surface area contributed by atoms with Gasteiger partial charge in [0.25, 0.3) is 0 Å². The molecule has 0 bridgehead atoms. The maximum absolute atomic E-state index is 5.99. The number of hydrogen-bond acceptors (Lipinski definition) is 0. The molecule has 0 unspecified atom stereocenters. The van der Waals surface area contributed by atoms with Crippen LogP contribution in [0.5, 0.6) is 0 Å². The van der Waals surface area contributed by atoms with Gasteiger partial charge in [0.2, 0.25) is 0 Å². The van der Waals surface area contributed by atoms with E-state index in [2.05, 4.69) is 41.0 Å². The first-order chi connectivity index (χ1) is 7.42. The van der Waals surface area contributed by atoms with E-state index in [4.69, 9.17) is 11.6 Å². The number of aromatic nitrogens is 1. The van der Waals surface area contributed by atoms with E-state index in [-0.39, 0.29) is 0 Å². The summed E-state index contributed by atoms with van der Waals surface area (Å²) in [5, 5.41) is 2.54. The van der Waals surface area contributed by atoms with Gasteiger partial charge in [-0.2, -0.15) is 0 Å². The van der Waals surface area contributed by atoms with Crippen LogP contribution in [0.4, 0.5) is 0 Å². The summed E-state index contributed by atoms with van der Waals surface area (Å²) in [7, 11) is 0. The molecule has 0 aliphatic heterocycles. The summed E-state index contributed by atoms with van der Waals surface area (Å²) >= 11 is 5.99. The SMILES string of the molecule is ClCn1c2ccccc2c2ccccc21. The van der Waals surface area contributed by atoms with Gasteiger partial charge in [-0.15, -0.1) is 11.6 Å². The normalized spacial score (nSPS) is 11.3. The molecule has 2 heteroatoms. The Morgan fingerprint density at radius 3 is 1.73 bits per heavy atom. The average Bonchev–Trinajstić information content (AvgIpc) is 2.63. The molecule has 3 rings (SSSR count). The molecule has 3 aromatic rings. The maximum atomic E-state index is 5.99. The van der Waals surface area contributed by atoms with Crippen molar-refractivity contribution in [1.29, 1.82) is 0 Å². The number of halogens is 1. The monoisotopic (exact) mass is 215 g/mol. The van der Waals surface area contributed by atoms with Crippen molar-refractivity contribution >= 4 is 33.4 Å². The molecule has 0 aliphatic rings. The van der Waals surface area contributed by atoms with Crippen molar-refractivity contribution in [3.8, 4) is 0 Å². The highest BCUT2D eigenvalue weighted by Crippen LogP contribution is 2.28. The number of fused-ring (bicyclic) bond motifs is 3. The molecule has 1 heterocycles. The summed E-state index contributed by atoms with van der Waals surface area (Å²) in [6.45, 7) is 0. The first kappa shape index (κ1) is 8.81. The van der Waals surface area contributed by atoms with Crippen LogP contribution in [0.25, 0.3) is 21.8 Å². The second-order valence-corrected chi connectivity index (χ2v) is 3.82. The van der Waals surface area contributed by atoms with E-state index in [1.165, 1.54) is 21.8 Å². The Hall–Kier alpha value is -1.47. The zero-order valence-corrected chi connectivity index (χ0v) is 8.91. The molecular weight excluding hydrogens is 206 g/mol. The first-order valence-electron chi connectivity index (χ1n) is 4.94. The molecule has 0 aliphatic carbocycles. The van der Waals surface area contributed by atoms with E-state index in [9.17, 15) is 0 Å². The molecular formula is C13H10ClN. The van der Waals surface area contributed by atoms with E-state index in [0.717, 1.165) is 0 Å². The summed E-state index contributed by atoms with van der Waals surface area (Å²) in [4.78, 5) is 0. The number of nitrogens with zero attached hydrogens (tertiary/aromatic N) is 1. The van der Waals surface area contributed by atoms with Crippen molar-refractivity contribution < 1.29 is 0 Å². The van der Waals surface area contributed by atoms with Gasteiger partial charge in [-0.05, 0) is 12.1 Å². The predicted octanol–water partition coefficient (Wildman–Crippen LogP) is 3.99. The lowest BCUT2D eigenvalue weighted by molar-refractivity contribution is 0.974. The van der Waals surface area contributed by atoms with Crippen molar-refractivity contribution in [3.05, 3.63) is 48.5 Å². The number of para-hydroxylation sites is 2. The molecule has 1 nitrogen and oxygen atoms in total. The lowest BCUT2D eigenvalue weighted by Crippen LogP contribution is -1.89. The molecule has 1 aromatic heterocycles. The third-order valence-corrected chi connectivity index (χ3v) is 3.04. The van der Waals surface area contributed by atoms with Gasteiger partial charge in [-0.1, -0.05) is 36.4 Å². The van der Waals surface area contributed by atoms with Gasteiger partial charge >= 0.3 is 0 Å². The topological polar surface area (TPSA) is 4.93 Å². The number of rotatable bonds is 1. The molecule has 0 atom stereocenters. The fraction of sp³-hybridized carbons (Fsp3) is 0.0769. The summed E-state index contributed by atoms with van der Waals surface area (Å²) in [5.74, 6) is 0. The zero-order valence-electron chi connectivity index (χ0n) is 8.15. The molecule has 0 amide bonds. The molecule has 0 saturated carbocycles. The molecule has 0 spiro atoms. The minimum absolute atomic E-state index is 0.494. The standard InChI is InChI=1S/C13H10ClN/c14-9-15-12-7-3-1-5-10(12)11-6-2-4-8-13(11)15/h1-8H,9H2. The van der Waals surface area contributed by atoms with Crippen LogP contribution < -0.4 is 0 Å². The van der Waals surface area contributed by atoms with E-state index in [1.54, 1.807) is 0 Å². The maximum Gasteiger partial charge on any atom is 0.0977 e. The zero-order chi connectivity index (χ0) is 10.3. The van der Waals surface area contributed by atoms with Crippen LogP contribution in [0.15, 0.2) is 48.5 Å². The van der Waals surface area contributed by atoms with Crippen LogP contribution in [0, 0.1) is 0 Å². The van der Waals surface area contributed by atoms with Crippen LogP contribution in [0.1, 0.15) is 0 Å². The van der Waals surface area contributed by atoms with E-state index < -0.39 is 0 Å². The Balaban J connectivity index is 2.62. The van der Waals surface area contributed by atoms with Crippen molar-refractivity contribution in [2.45, 2.75) is 6.00 Å². The van der Waals surface area contributed by atoms with Gasteiger partial charge in [0.1, 0.15) is 0 Å². The molecule has 2 aromatic carbocycles. The second-order valence-electron chi connectivity index (χ2n) is 3.58. The third kappa shape index (κ3) is 1.17. The molecule has 74 valence electrons. The largest absolute Gasteiger partial charge is 0.326 e. The smallest absolute Gasteiger partial charge is 0.0977 e. The fourth-order valence-electron chi connectivity index (χ4n) is 2.13. The Kier molecular flexibility index (Phi) is 1.93. The Bertz CT molecular complexity index is 571. The minimum atomic E-state index is 0.494. The Morgan fingerprint density at radius 2 is 1.27 bits per heavy atom. The Morgan fingerprint density at radius 1 is 0.800 bits per heavy atom. The molecule has 0 saturated heterocycles. The lowest BCUT2D eigenvalue weighted by Gasteiger charge is -2.00. The van der Waals surface area contributed by atoms with Crippen molar-refractivity contribution in [3.63, 3.8) is 0 Å². The predicted molar refractivity (Wildman–Crippen MR) is 65.3 cm³/mol. The second kappa shape index (κ2) is 3.28. The molecule has 0 N–H and O–H groups in total.